The van der Waals surface area contributed by atoms with Crippen molar-refractivity contribution < 1.29 is 13.9 Å². The van der Waals surface area contributed by atoms with E-state index in [1.807, 2.05) is 0 Å². The van der Waals surface area contributed by atoms with Crippen LogP contribution in [0, 0.1) is 5.82 Å². The quantitative estimate of drug-likeness (QED) is 0.727. The lowest BCUT2D eigenvalue weighted by Crippen LogP contribution is -2.37. The zero-order chi connectivity index (χ0) is 18.8. The van der Waals surface area contributed by atoms with Gasteiger partial charge in [-0.25, -0.2) is 4.39 Å². The number of methoxy groups -OCH3 is 1. The van der Waals surface area contributed by atoms with E-state index in [4.69, 9.17) is 4.74 Å². The van der Waals surface area contributed by atoms with E-state index in [2.05, 4.69) is 34.5 Å². The number of ether oxygens (including phenoxy) is 1. The largest absolute Gasteiger partial charge is 0.494 e. The standard InChI is InChI=1S/C21H21FN2O2S/c1-26-19-18-16(22)7-4-8-17(18)27-20(19)21(25)23-10-12-24-11-9-14-5-2-3-6-15(14)13-24/h2-8H,9-13H2,1H3,(H,23,25). The Hall–Kier alpha value is -2.44. The van der Waals surface area contributed by atoms with Gasteiger partial charge in [-0.2, -0.15) is 0 Å². The molecule has 1 N–H and O–H groups in total. The maximum atomic E-state index is 14.1. The van der Waals surface area contributed by atoms with E-state index in [9.17, 15) is 9.18 Å². The van der Waals surface area contributed by atoms with E-state index >= 15 is 0 Å². The van der Waals surface area contributed by atoms with Gasteiger partial charge in [0.05, 0.1) is 12.5 Å². The molecule has 3 aromatic rings. The average molecular weight is 384 g/mol. The molecule has 1 aliphatic heterocycles. The molecule has 0 atom stereocenters. The molecule has 6 heteroatoms. The first-order valence-electron chi connectivity index (χ1n) is 8.99. The number of carbonyl (C=O) groups is 1. The Balaban J connectivity index is 1.40. The zero-order valence-corrected chi connectivity index (χ0v) is 15.9. The smallest absolute Gasteiger partial charge is 0.265 e. The molecule has 0 aliphatic carbocycles. The van der Waals surface area contributed by atoms with Crippen molar-refractivity contribution in [3.63, 3.8) is 0 Å². The Bertz CT molecular complexity index is 985. The van der Waals surface area contributed by atoms with E-state index in [-0.39, 0.29) is 11.7 Å². The van der Waals surface area contributed by atoms with Crippen molar-refractivity contribution in [3.05, 3.63) is 64.3 Å². The van der Waals surface area contributed by atoms with Crippen LogP contribution < -0.4 is 10.1 Å². The minimum Gasteiger partial charge on any atom is -0.494 e. The molecule has 0 saturated carbocycles. The summed E-state index contributed by atoms with van der Waals surface area (Å²) in [6.07, 6.45) is 1.04. The predicted octanol–water partition coefficient (Wildman–Crippen LogP) is 3.84. The summed E-state index contributed by atoms with van der Waals surface area (Å²) in [4.78, 5) is 15.4. The van der Waals surface area contributed by atoms with Crippen LogP contribution in [0.5, 0.6) is 5.75 Å². The fraction of sp³-hybridized carbons (Fsp3) is 0.286. The first kappa shape index (κ1) is 17.9. The molecule has 0 radical (unpaired) electrons. The molecule has 2 heterocycles. The van der Waals surface area contributed by atoms with Crippen LogP contribution in [0.15, 0.2) is 42.5 Å². The molecule has 0 saturated heterocycles. The highest BCUT2D eigenvalue weighted by atomic mass is 32.1. The van der Waals surface area contributed by atoms with Crippen LogP contribution in [-0.2, 0) is 13.0 Å². The highest BCUT2D eigenvalue weighted by Gasteiger charge is 2.22. The Morgan fingerprint density at radius 1 is 1.22 bits per heavy atom. The van der Waals surface area contributed by atoms with Gasteiger partial charge < -0.3 is 10.1 Å². The molecular formula is C21H21FN2O2S. The summed E-state index contributed by atoms with van der Waals surface area (Å²) in [6.45, 7) is 3.22. The normalized spacial score (nSPS) is 14.1. The summed E-state index contributed by atoms with van der Waals surface area (Å²) in [5.74, 6) is -0.269. The summed E-state index contributed by atoms with van der Waals surface area (Å²) < 4.78 is 20.2. The monoisotopic (exact) mass is 384 g/mol. The Kier molecular flexibility index (Phi) is 5.09. The van der Waals surface area contributed by atoms with Crippen molar-refractivity contribution in [3.8, 4) is 5.75 Å². The lowest BCUT2D eigenvalue weighted by atomic mass is 10.00. The van der Waals surface area contributed by atoms with Crippen molar-refractivity contribution in [2.45, 2.75) is 13.0 Å². The van der Waals surface area contributed by atoms with Crippen LogP contribution in [0.4, 0.5) is 4.39 Å². The Morgan fingerprint density at radius 3 is 2.85 bits per heavy atom. The van der Waals surface area contributed by atoms with Gasteiger partial charge in [-0.3, -0.25) is 9.69 Å². The molecule has 1 amide bonds. The third-order valence-corrected chi connectivity index (χ3v) is 6.09. The molecular weight excluding hydrogens is 363 g/mol. The van der Waals surface area contributed by atoms with Gasteiger partial charge in [0.25, 0.3) is 5.91 Å². The van der Waals surface area contributed by atoms with Gasteiger partial charge in [0.15, 0.2) is 5.75 Å². The summed E-state index contributed by atoms with van der Waals surface area (Å²) in [5, 5.41) is 3.33. The van der Waals surface area contributed by atoms with Crippen LogP contribution in [0.25, 0.3) is 10.1 Å². The maximum Gasteiger partial charge on any atom is 0.265 e. The number of thiophene rings is 1. The SMILES string of the molecule is COc1c(C(=O)NCCN2CCc3ccccc3C2)sc2cccc(F)c12. The van der Waals surface area contributed by atoms with Gasteiger partial charge in [-0.05, 0) is 29.7 Å². The molecule has 1 aromatic heterocycles. The van der Waals surface area contributed by atoms with Gasteiger partial charge in [0.2, 0.25) is 0 Å². The van der Waals surface area contributed by atoms with Gasteiger partial charge >= 0.3 is 0 Å². The van der Waals surface area contributed by atoms with Gasteiger partial charge in [-0.1, -0.05) is 30.3 Å². The average Bonchev–Trinajstić information content (AvgIpc) is 3.08. The second-order valence-corrected chi connectivity index (χ2v) is 7.68. The summed E-state index contributed by atoms with van der Waals surface area (Å²) in [7, 11) is 1.47. The predicted molar refractivity (Wildman–Crippen MR) is 106 cm³/mol. The van der Waals surface area contributed by atoms with Crippen LogP contribution in [0.2, 0.25) is 0 Å². The van der Waals surface area contributed by atoms with Crippen LogP contribution in [0.3, 0.4) is 0 Å². The third-order valence-electron chi connectivity index (χ3n) is 4.95. The first-order chi connectivity index (χ1) is 13.2. The van der Waals surface area contributed by atoms with E-state index < -0.39 is 0 Å². The molecule has 27 heavy (non-hydrogen) atoms. The summed E-state index contributed by atoms with van der Waals surface area (Å²) >= 11 is 1.26. The van der Waals surface area contributed by atoms with Crippen molar-refractivity contribution in [1.82, 2.24) is 10.2 Å². The molecule has 4 nitrogen and oxygen atoms in total. The third kappa shape index (κ3) is 3.55. The molecule has 4 rings (SSSR count). The maximum absolute atomic E-state index is 14.1. The van der Waals surface area contributed by atoms with Gasteiger partial charge in [-0.15, -0.1) is 11.3 Å². The second-order valence-electron chi connectivity index (χ2n) is 6.63. The fourth-order valence-corrected chi connectivity index (χ4v) is 4.68. The number of amides is 1. The van der Waals surface area contributed by atoms with Crippen molar-refractivity contribution >= 4 is 27.3 Å². The highest BCUT2D eigenvalue weighted by Crippen LogP contribution is 2.39. The number of rotatable bonds is 5. The van der Waals surface area contributed by atoms with E-state index in [0.717, 1.165) is 26.1 Å². The number of benzene rings is 2. The molecule has 0 spiro atoms. The van der Waals surface area contributed by atoms with Crippen LogP contribution in [-0.4, -0.2) is 37.6 Å². The lowest BCUT2D eigenvalue weighted by molar-refractivity contribution is 0.0949. The molecule has 0 bridgehead atoms. The summed E-state index contributed by atoms with van der Waals surface area (Å²) in [6, 6.07) is 13.3. The number of hydrogen-bond acceptors (Lipinski definition) is 4. The van der Waals surface area contributed by atoms with E-state index in [1.54, 1.807) is 12.1 Å². The number of halogens is 1. The number of fused-ring (bicyclic) bond motifs is 2. The van der Waals surface area contributed by atoms with Gasteiger partial charge in [0, 0.05) is 30.9 Å². The van der Waals surface area contributed by atoms with Crippen LogP contribution >= 0.6 is 11.3 Å². The number of nitrogens with one attached hydrogen (secondary N) is 1. The van der Waals surface area contributed by atoms with Crippen molar-refractivity contribution in [2.75, 3.05) is 26.7 Å². The van der Waals surface area contributed by atoms with Crippen molar-refractivity contribution in [2.24, 2.45) is 0 Å². The minimum absolute atomic E-state index is 0.218. The number of carbonyl (C=O) groups excluding carboxylic acids is 1. The molecule has 140 valence electrons. The molecule has 2 aromatic carbocycles. The molecule has 0 unspecified atom stereocenters. The minimum atomic E-state index is -0.369. The topological polar surface area (TPSA) is 41.6 Å². The second kappa shape index (κ2) is 7.66. The zero-order valence-electron chi connectivity index (χ0n) is 15.1. The molecule has 0 fully saturated rings. The highest BCUT2D eigenvalue weighted by molar-refractivity contribution is 7.21. The summed E-state index contributed by atoms with van der Waals surface area (Å²) in [5.41, 5.74) is 2.77. The van der Waals surface area contributed by atoms with Crippen LogP contribution in [0.1, 0.15) is 20.8 Å². The van der Waals surface area contributed by atoms with E-state index in [1.165, 1.54) is 35.6 Å². The Labute approximate surface area is 161 Å². The fourth-order valence-electron chi connectivity index (χ4n) is 3.58. The number of nitrogens with zero attached hydrogens (tertiary/aromatic N) is 1. The lowest BCUT2D eigenvalue weighted by Gasteiger charge is -2.28. The molecule has 1 aliphatic rings. The van der Waals surface area contributed by atoms with Crippen molar-refractivity contribution in [1.29, 1.82) is 0 Å². The Morgan fingerprint density at radius 2 is 2.04 bits per heavy atom. The number of hydrogen-bond donors (Lipinski definition) is 1. The van der Waals surface area contributed by atoms with Gasteiger partial charge in [0.1, 0.15) is 10.7 Å². The first-order valence-corrected chi connectivity index (χ1v) is 9.81. The van der Waals surface area contributed by atoms with E-state index in [0.29, 0.717) is 27.3 Å².